The van der Waals surface area contributed by atoms with E-state index in [0.29, 0.717) is 12.0 Å². The molecule has 96 valence electrons. The molecule has 1 aromatic heterocycles. The summed E-state index contributed by atoms with van der Waals surface area (Å²) in [5.41, 5.74) is 0.675. The van der Waals surface area contributed by atoms with E-state index in [1.165, 1.54) is 6.07 Å². The van der Waals surface area contributed by atoms with Gasteiger partial charge in [-0.2, -0.15) is 8.78 Å². The highest BCUT2D eigenvalue weighted by Gasteiger charge is 2.16. The number of aromatic amines is 1. The number of hydrogen-bond donors (Lipinski definition) is 1. The molecular weight excluding hydrogens is 306 g/mol. The first-order chi connectivity index (χ1) is 8.66. The van der Waals surface area contributed by atoms with Gasteiger partial charge in [0.2, 0.25) is 0 Å². The Bertz CT molecular complexity index is 491. The molecule has 0 radical (unpaired) electrons. The van der Waals surface area contributed by atoms with Gasteiger partial charge in [0.15, 0.2) is 0 Å². The fourth-order valence-corrected chi connectivity index (χ4v) is 2.32. The second-order valence-corrected chi connectivity index (χ2v) is 4.73. The van der Waals surface area contributed by atoms with Crippen molar-refractivity contribution in [3.63, 3.8) is 0 Å². The van der Waals surface area contributed by atoms with Crippen LogP contribution in [-0.2, 0) is 6.42 Å². The summed E-state index contributed by atoms with van der Waals surface area (Å²) in [6.45, 7) is -2.82. The van der Waals surface area contributed by atoms with Crippen LogP contribution in [0.3, 0.4) is 0 Å². The minimum absolute atomic E-state index is 0.140. The number of aromatic nitrogens is 2. The van der Waals surface area contributed by atoms with E-state index in [2.05, 4.69) is 30.6 Å². The standard InChI is InChI=1S/C12H11BrF2N2O/c13-9(7-11-16-5-6-17-11)8-3-1-2-4-10(8)18-12(14)15/h1-6,9,12H,7H2,(H,16,17). The van der Waals surface area contributed by atoms with Gasteiger partial charge in [0.25, 0.3) is 0 Å². The normalized spacial score (nSPS) is 12.7. The Balaban J connectivity index is 2.16. The summed E-state index contributed by atoms with van der Waals surface area (Å²) in [7, 11) is 0. The molecule has 0 aliphatic heterocycles. The minimum Gasteiger partial charge on any atom is -0.435 e. The molecule has 1 heterocycles. The number of rotatable bonds is 5. The molecule has 0 amide bonds. The van der Waals surface area contributed by atoms with Crippen LogP contribution in [-0.4, -0.2) is 16.6 Å². The van der Waals surface area contributed by atoms with E-state index in [0.717, 1.165) is 5.82 Å². The molecule has 3 nitrogen and oxygen atoms in total. The molecule has 0 aliphatic carbocycles. The van der Waals surface area contributed by atoms with Crippen molar-refractivity contribution in [2.75, 3.05) is 0 Å². The predicted molar refractivity (Wildman–Crippen MR) is 67.0 cm³/mol. The SMILES string of the molecule is FC(F)Oc1ccccc1C(Br)Cc1ncc[nH]1. The lowest BCUT2D eigenvalue weighted by Gasteiger charge is -2.14. The van der Waals surface area contributed by atoms with Crippen molar-refractivity contribution in [2.24, 2.45) is 0 Å². The summed E-state index contributed by atoms with van der Waals surface area (Å²) in [5, 5.41) is 0. The highest BCUT2D eigenvalue weighted by Crippen LogP contribution is 2.33. The van der Waals surface area contributed by atoms with Crippen LogP contribution < -0.4 is 4.74 Å². The maximum Gasteiger partial charge on any atom is 0.387 e. The highest BCUT2D eigenvalue weighted by atomic mass is 79.9. The van der Waals surface area contributed by atoms with E-state index in [4.69, 9.17) is 0 Å². The van der Waals surface area contributed by atoms with Crippen molar-refractivity contribution in [3.8, 4) is 5.75 Å². The van der Waals surface area contributed by atoms with Gasteiger partial charge in [0.05, 0.1) is 4.83 Å². The van der Waals surface area contributed by atoms with Crippen LogP contribution in [0.2, 0.25) is 0 Å². The van der Waals surface area contributed by atoms with Crippen LogP contribution >= 0.6 is 15.9 Å². The molecule has 0 aliphatic rings. The summed E-state index contributed by atoms with van der Waals surface area (Å²) >= 11 is 3.46. The summed E-state index contributed by atoms with van der Waals surface area (Å²) < 4.78 is 29.1. The number of para-hydroxylation sites is 1. The third kappa shape index (κ3) is 3.29. The number of benzene rings is 1. The van der Waals surface area contributed by atoms with Crippen molar-refractivity contribution < 1.29 is 13.5 Å². The van der Waals surface area contributed by atoms with Crippen molar-refractivity contribution in [2.45, 2.75) is 17.9 Å². The van der Waals surface area contributed by atoms with Crippen LogP contribution in [0.25, 0.3) is 0 Å². The average molecular weight is 317 g/mol. The van der Waals surface area contributed by atoms with Gasteiger partial charge in [-0.05, 0) is 6.07 Å². The van der Waals surface area contributed by atoms with Gasteiger partial charge in [-0.25, -0.2) is 4.98 Å². The summed E-state index contributed by atoms with van der Waals surface area (Å²) in [4.78, 5) is 6.93. The Kier molecular flexibility index (Phi) is 4.30. The summed E-state index contributed by atoms with van der Waals surface area (Å²) in [6.07, 6.45) is 3.93. The lowest BCUT2D eigenvalue weighted by molar-refractivity contribution is -0.0504. The van der Waals surface area contributed by atoms with Crippen molar-refractivity contribution >= 4 is 15.9 Å². The first-order valence-electron chi connectivity index (χ1n) is 5.33. The zero-order valence-corrected chi connectivity index (χ0v) is 10.9. The molecule has 1 unspecified atom stereocenters. The molecule has 18 heavy (non-hydrogen) atoms. The second-order valence-electron chi connectivity index (χ2n) is 3.62. The van der Waals surface area contributed by atoms with Crippen molar-refractivity contribution in [1.82, 2.24) is 9.97 Å². The zero-order valence-electron chi connectivity index (χ0n) is 9.32. The molecule has 0 spiro atoms. The van der Waals surface area contributed by atoms with Crippen molar-refractivity contribution in [1.29, 1.82) is 0 Å². The van der Waals surface area contributed by atoms with Crippen LogP contribution in [0.15, 0.2) is 36.7 Å². The number of imidazole rings is 1. The fraction of sp³-hybridized carbons (Fsp3) is 0.250. The third-order valence-electron chi connectivity index (χ3n) is 2.40. The van der Waals surface area contributed by atoms with Gasteiger partial charge in [-0.1, -0.05) is 34.1 Å². The summed E-state index contributed by atoms with van der Waals surface area (Å²) in [5.74, 6) is 0.963. The van der Waals surface area contributed by atoms with E-state index in [-0.39, 0.29) is 10.6 Å². The largest absolute Gasteiger partial charge is 0.435 e. The number of ether oxygens (including phenoxy) is 1. The molecule has 0 fully saturated rings. The van der Waals surface area contributed by atoms with Crippen molar-refractivity contribution in [3.05, 3.63) is 48.0 Å². The Morgan fingerprint density at radius 1 is 1.33 bits per heavy atom. The van der Waals surface area contributed by atoms with E-state index in [1.54, 1.807) is 30.6 Å². The van der Waals surface area contributed by atoms with Gasteiger partial charge >= 0.3 is 6.61 Å². The van der Waals surface area contributed by atoms with Crippen LogP contribution in [0.1, 0.15) is 16.2 Å². The average Bonchev–Trinajstić information content (AvgIpc) is 2.81. The monoisotopic (exact) mass is 316 g/mol. The second kappa shape index (κ2) is 5.95. The maximum atomic E-state index is 12.3. The van der Waals surface area contributed by atoms with Gasteiger partial charge in [0, 0.05) is 24.4 Å². The van der Waals surface area contributed by atoms with Crippen LogP contribution in [0.4, 0.5) is 8.78 Å². The smallest absolute Gasteiger partial charge is 0.387 e. The Morgan fingerprint density at radius 3 is 2.78 bits per heavy atom. The minimum atomic E-state index is -2.82. The molecule has 6 heteroatoms. The van der Waals surface area contributed by atoms with Gasteiger partial charge < -0.3 is 9.72 Å². The molecule has 0 saturated carbocycles. The maximum absolute atomic E-state index is 12.3. The van der Waals surface area contributed by atoms with E-state index in [1.807, 2.05) is 0 Å². The third-order valence-corrected chi connectivity index (χ3v) is 3.22. The Morgan fingerprint density at radius 2 is 2.11 bits per heavy atom. The molecule has 0 bridgehead atoms. The molecule has 2 aromatic rings. The lowest BCUT2D eigenvalue weighted by atomic mass is 10.1. The number of alkyl halides is 3. The molecule has 1 aromatic carbocycles. The summed E-state index contributed by atoms with van der Waals surface area (Å²) in [6, 6.07) is 6.72. The zero-order chi connectivity index (χ0) is 13.0. The number of halogens is 3. The van der Waals surface area contributed by atoms with E-state index >= 15 is 0 Å². The van der Waals surface area contributed by atoms with Gasteiger partial charge in [0.1, 0.15) is 11.6 Å². The number of hydrogen-bond acceptors (Lipinski definition) is 2. The molecule has 1 atom stereocenters. The predicted octanol–water partition coefficient (Wildman–Crippen LogP) is 3.69. The quantitative estimate of drug-likeness (QED) is 0.854. The first-order valence-corrected chi connectivity index (χ1v) is 6.24. The molecule has 0 saturated heterocycles. The Hall–Kier alpha value is -1.43. The van der Waals surface area contributed by atoms with Gasteiger partial charge in [-0.3, -0.25) is 0 Å². The van der Waals surface area contributed by atoms with Crippen LogP contribution in [0, 0.1) is 0 Å². The van der Waals surface area contributed by atoms with E-state index in [9.17, 15) is 8.78 Å². The number of nitrogens with zero attached hydrogens (tertiary/aromatic N) is 1. The Labute approximate surface area is 111 Å². The number of H-pyrrole nitrogens is 1. The number of nitrogens with one attached hydrogen (secondary N) is 1. The lowest BCUT2D eigenvalue weighted by Crippen LogP contribution is -2.06. The fourth-order valence-electron chi connectivity index (χ4n) is 1.63. The van der Waals surface area contributed by atoms with Crippen LogP contribution in [0.5, 0.6) is 5.75 Å². The topological polar surface area (TPSA) is 37.9 Å². The molecule has 2 rings (SSSR count). The van der Waals surface area contributed by atoms with Gasteiger partial charge in [-0.15, -0.1) is 0 Å². The highest BCUT2D eigenvalue weighted by molar-refractivity contribution is 9.09. The molecular formula is C12H11BrF2N2O. The van der Waals surface area contributed by atoms with E-state index < -0.39 is 6.61 Å². The first kappa shape index (κ1) is 13.0. The molecule has 1 N–H and O–H groups in total.